The molecule has 0 fully saturated rings. The molecular weight excluding hydrogens is 647 g/mol. The largest absolute Gasteiger partial charge is 0.308 e. The minimum atomic E-state index is 0.556. The summed E-state index contributed by atoms with van der Waals surface area (Å²) < 4.78 is 6.86. The van der Waals surface area contributed by atoms with Gasteiger partial charge in [-0.3, -0.25) is 4.57 Å². The second-order valence-electron chi connectivity index (χ2n) is 12.5. The lowest BCUT2D eigenvalue weighted by molar-refractivity contribution is 0.955. The van der Waals surface area contributed by atoms with Crippen LogP contribution in [0.3, 0.4) is 0 Å². The van der Waals surface area contributed by atoms with Crippen LogP contribution >= 0.6 is 11.3 Å². The summed E-state index contributed by atoms with van der Waals surface area (Å²) in [6, 6.07) is 48.1. The Bertz CT molecular complexity index is 3070. The van der Waals surface area contributed by atoms with Crippen LogP contribution in [0.25, 0.3) is 98.3 Å². The smallest absolute Gasteiger partial charge is 0.238 e. The first-order valence-corrected chi connectivity index (χ1v) is 17.6. The molecule has 238 valence electrons. The van der Waals surface area contributed by atoms with Crippen molar-refractivity contribution < 1.29 is 0 Å². The van der Waals surface area contributed by atoms with Gasteiger partial charge in [-0.25, -0.2) is 15.0 Å². The molecule has 11 rings (SSSR count). The van der Waals surface area contributed by atoms with Crippen LogP contribution in [-0.4, -0.2) is 34.1 Å². The number of benzene rings is 6. The Labute approximate surface area is 294 Å². The summed E-state index contributed by atoms with van der Waals surface area (Å²) in [5.41, 5.74) is 8.17. The molecule has 0 aliphatic rings. The van der Waals surface area contributed by atoms with Gasteiger partial charge in [0.05, 0.1) is 37.0 Å². The van der Waals surface area contributed by atoms with Crippen LogP contribution in [-0.2, 0) is 0 Å². The summed E-state index contributed by atoms with van der Waals surface area (Å²) in [6.07, 6.45) is 3.59. The van der Waals surface area contributed by atoms with Crippen LogP contribution in [0.4, 0.5) is 0 Å². The number of thiophene rings is 1. The third kappa shape index (κ3) is 4.08. The summed E-state index contributed by atoms with van der Waals surface area (Å²) in [6.45, 7) is 0. The van der Waals surface area contributed by atoms with E-state index in [-0.39, 0.29) is 0 Å². The van der Waals surface area contributed by atoms with Gasteiger partial charge in [-0.15, -0.1) is 11.3 Å². The van der Waals surface area contributed by atoms with Gasteiger partial charge in [-0.2, -0.15) is 9.97 Å². The van der Waals surface area contributed by atoms with Crippen molar-refractivity contribution in [2.24, 2.45) is 0 Å². The predicted octanol–water partition coefficient (Wildman–Crippen LogP) is 10.6. The molecule has 51 heavy (non-hydrogen) atoms. The highest BCUT2D eigenvalue weighted by atomic mass is 32.1. The average Bonchev–Trinajstić information content (AvgIpc) is 3.87. The quantitative estimate of drug-likeness (QED) is 0.186. The number of fused-ring (bicyclic) bond motifs is 12. The van der Waals surface area contributed by atoms with Crippen LogP contribution in [0.1, 0.15) is 0 Å². The van der Waals surface area contributed by atoms with Crippen molar-refractivity contribution in [1.29, 1.82) is 0 Å². The van der Waals surface area contributed by atoms with E-state index in [4.69, 9.17) is 19.9 Å². The first-order valence-electron chi connectivity index (χ1n) is 16.8. The normalized spacial score (nSPS) is 11.9. The number of hydrogen-bond donors (Lipinski definition) is 0. The van der Waals surface area contributed by atoms with Gasteiger partial charge < -0.3 is 4.57 Å². The molecule has 0 amide bonds. The topological polar surface area (TPSA) is 74.3 Å². The SMILES string of the molecule is c1ccc(-c2nc(-c3ccccc3)nc(-n3c4ccccc4c4c5c6ncncc6sc5c5c(c6ccccc6n5-c5ccccc5)c43)n2)cc1. The van der Waals surface area contributed by atoms with Gasteiger partial charge in [-0.05, 0) is 24.3 Å². The molecule has 0 atom stereocenters. The summed E-state index contributed by atoms with van der Waals surface area (Å²) >= 11 is 1.75. The van der Waals surface area contributed by atoms with Crippen LogP contribution in [0, 0.1) is 0 Å². The summed E-state index contributed by atoms with van der Waals surface area (Å²) in [7, 11) is 0. The van der Waals surface area contributed by atoms with Crippen molar-refractivity contribution in [2.75, 3.05) is 0 Å². The molecule has 0 saturated carbocycles. The van der Waals surface area contributed by atoms with Gasteiger partial charge >= 0.3 is 0 Å². The van der Waals surface area contributed by atoms with E-state index in [2.05, 4.69) is 93.0 Å². The molecule has 0 unspecified atom stereocenters. The molecule has 0 spiro atoms. The molecule has 7 nitrogen and oxygen atoms in total. The minimum absolute atomic E-state index is 0.556. The van der Waals surface area contributed by atoms with Gasteiger partial charge in [0.15, 0.2) is 11.6 Å². The second-order valence-corrected chi connectivity index (χ2v) is 13.6. The zero-order valence-corrected chi connectivity index (χ0v) is 27.8. The molecule has 8 heteroatoms. The summed E-state index contributed by atoms with van der Waals surface area (Å²) in [4.78, 5) is 24.9. The van der Waals surface area contributed by atoms with E-state index in [9.17, 15) is 0 Å². The second kappa shape index (κ2) is 10.9. The molecule has 0 aliphatic heterocycles. The van der Waals surface area contributed by atoms with E-state index in [1.165, 1.54) is 4.70 Å². The highest BCUT2D eigenvalue weighted by molar-refractivity contribution is 7.26. The number of hydrogen-bond acceptors (Lipinski definition) is 6. The number of nitrogens with zero attached hydrogens (tertiary/aromatic N) is 7. The maximum atomic E-state index is 5.26. The minimum Gasteiger partial charge on any atom is -0.308 e. The zero-order chi connectivity index (χ0) is 33.5. The van der Waals surface area contributed by atoms with Gasteiger partial charge in [0.1, 0.15) is 6.33 Å². The molecule has 0 saturated heterocycles. The molecule has 5 heterocycles. The van der Waals surface area contributed by atoms with Crippen molar-refractivity contribution in [3.05, 3.63) is 152 Å². The van der Waals surface area contributed by atoms with Crippen molar-refractivity contribution in [1.82, 2.24) is 34.1 Å². The molecule has 0 N–H and O–H groups in total. The summed E-state index contributed by atoms with van der Waals surface area (Å²) in [5, 5.41) is 5.62. The fourth-order valence-electron chi connectivity index (χ4n) is 7.62. The van der Waals surface area contributed by atoms with E-state index in [1.807, 2.05) is 66.9 Å². The lowest BCUT2D eigenvalue weighted by atomic mass is 10.0. The first kappa shape index (κ1) is 28.1. The van der Waals surface area contributed by atoms with Crippen molar-refractivity contribution in [3.63, 3.8) is 0 Å². The van der Waals surface area contributed by atoms with E-state index in [1.54, 1.807) is 17.7 Å². The Hall–Kier alpha value is -6.77. The maximum Gasteiger partial charge on any atom is 0.238 e. The van der Waals surface area contributed by atoms with E-state index >= 15 is 0 Å². The first-order chi connectivity index (χ1) is 25.3. The molecule has 11 aromatic rings. The standard InChI is InChI=1S/C43H25N7S/c1-4-14-26(15-5-1)41-46-42(27-16-6-2-7-17-27)48-43(47-41)50-32-23-13-10-20-29(32)34-36-37-33(24-44-25-45-37)51-40(36)39-35(38(34)50)30-21-11-12-22-31(30)49(39)28-18-8-3-9-19-28/h1-25H. The van der Waals surface area contributed by atoms with Crippen LogP contribution in [0.5, 0.6) is 0 Å². The van der Waals surface area contributed by atoms with Crippen LogP contribution in [0.15, 0.2) is 152 Å². The highest BCUT2D eigenvalue weighted by Crippen LogP contribution is 2.50. The van der Waals surface area contributed by atoms with Gasteiger partial charge in [0, 0.05) is 49.9 Å². The monoisotopic (exact) mass is 671 g/mol. The Morgan fingerprint density at radius 2 is 1.06 bits per heavy atom. The van der Waals surface area contributed by atoms with Crippen molar-refractivity contribution in [2.45, 2.75) is 0 Å². The Morgan fingerprint density at radius 1 is 0.490 bits per heavy atom. The fourth-order valence-corrected chi connectivity index (χ4v) is 8.80. The molecule has 5 aromatic heterocycles. The summed E-state index contributed by atoms with van der Waals surface area (Å²) in [5.74, 6) is 1.78. The van der Waals surface area contributed by atoms with E-state index < -0.39 is 0 Å². The third-order valence-corrected chi connectivity index (χ3v) is 10.8. The lowest BCUT2D eigenvalue weighted by Crippen LogP contribution is -2.06. The lowest BCUT2D eigenvalue weighted by Gasteiger charge is -2.12. The van der Waals surface area contributed by atoms with E-state index in [0.717, 1.165) is 76.0 Å². The third-order valence-electron chi connectivity index (χ3n) is 9.71. The molecule has 6 aromatic carbocycles. The number of para-hydroxylation sites is 3. The number of aromatic nitrogens is 7. The number of rotatable bonds is 4. The molecule has 0 aliphatic carbocycles. The van der Waals surface area contributed by atoms with Gasteiger partial charge in [0.25, 0.3) is 0 Å². The molecule has 0 radical (unpaired) electrons. The Balaban J connectivity index is 1.41. The van der Waals surface area contributed by atoms with E-state index in [0.29, 0.717) is 17.6 Å². The van der Waals surface area contributed by atoms with Crippen LogP contribution < -0.4 is 0 Å². The Kier molecular flexibility index (Phi) is 5.99. The molecule has 0 bridgehead atoms. The van der Waals surface area contributed by atoms with Crippen molar-refractivity contribution >= 4 is 75.3 Å². The molecular formula is C43H25N7S. The van der Waals surface area contributed by atoms with Gasteiger partial charge in [0.2, 0.25) is 5.95 Å². The highest BCUT2D eigenvalue weighted by Gasteiger charge is 2.28. The average molecular weight is 672 g/mol. The van der Waals surface area contributed by atoms with Crippen molar-refractivity contribution in [3.8, 4) is 34.4 Å². The Morgan fingerprint density at radius 3 is 1.73 bits per heavy atom. The van der Waals surface area contributed by atoms with Gasteiger partial charge in [-0.1, -0.05) is 115 Å². The fraction of sp³-hybridized carbons (Fsp3) is 0. The zero-order valence-electron chi connectivity index (χ0n) is 27.0. The predicted molar refractivity (Wildman–Crippen MR) is 208 cm³/mol. The maximum absolute atomic E-state index is 5.26. The van der Waals surface area contributed by atoms with Crippen LogP contribution in [0.2, 0.25) is 0 Å².